The van der Waals surface area contributed by atoms with Crippen LogP contribution in [0.5, 0.6) is 5.75 Å². The van der Waals surface area contributed by atoms with Crippen molar-refractivity contribution in [3.63, 3.8) is 0 Å². The van der Waals surface area contributed by atoms with E-state index in [1.54, 1.807) is 60.7 Å². The Morgan fingerprint density at radius 1 is 0.882 bits per heavy atom. The van der Waals surface area contributed by atoms with Crippen LogP contribution in [0, 0.1) is 0 Å². The van der Waals surface area contributed by atoms with Crippen LogP contribution in [0.25, 0.3) is 0 Å². The molecule has 0 aromatic heterocycles. The molecule has 2 amide bonds. The van der Waals surface area contributed by atoms with Crippen molar-refractivity contribution >= 4 is 55.9 Å². The molecule has 0 saturated carbocycles. The zero-order valence-corrected chi connectivity index (χ0v) is 21.1. The number of rotatable bonds is 9. The summed E-state index contributed by atoms with van der Waals surface area (Å²) in [6.07, 6.45) is 2.14. The third-order valence-electron chi connectivity index (χ3n) is 4.55. The first kappa shape index (κ1) is 25.3. The van der Waals surface area contributed by atoms with Crippen molar-refractivity contribution < 1.29 is 19.1 Å². The Labute approximate surface area is 213 Å². The van der Waals surface area contributed by atoms with Gasteiger partial charge < -0.3 is 10.1 Å². The van der Waals surface area contributed by atoms with E-state index >= 15 is 0 Å². The van der Waals surface area contributed by atoms with Gasteiger partial charge in [-0.1, -0.05) is 36.4 Å². The number of carbonyl (C=O) groups excluding carboxylic acids is 3. The van der Waals surface area contributed by atoms with Gasteiger partial charge in [0.05, 0.1) is 17.3 Å². The van der Waals surface area contributed by atoms with Gasteiger partial charge in [0, 0.05) is 21.9 Å². The first-order valence-corrected chi connectivity index (χ1v) is 11.9. The molecule has 174 valence electrons. The molecule has 3 aromatic rings. The number of nitrogens with one attached hydrogen (secondary N) is 2. The lowest BCUT2D eigenvalue weighted by atomic mass is 10.2. The standard InChI is InChI=1S/C25H21Br2N3O4/c26-21-11-3-1-9-19(21)24(32)28-14-6-13-23(31)30-29-16-17-7-5-8-18(15-17)34-25(33)20-10-2-4-12-22(20)27/h1-5,7-12,15-16H,6,13-14H2,(H,28,32)(H,30,31). The van der Waals surface area contributed by atoms with Gasteiger partial charge in [-0.2, -0.15) is 5.10 Å². The second kappa shape index (κ2) is 12.8. The van der Waals surface area contributed by atoms with Gasteiger partial charge in [-0.3, -0.25) is 9.59 Å². The molecule has 0 bridgehead atoms. The fourth-order valence-corrected chi connectivity index (χ4v) is 3.78. The van der Waals surface area contributed by atoms with Gasteiger partial charge in [-0.05, 0) is 80.2 Å². The van der Waals surface area contributed by atoms with Gasteiger partial charge >= 0.3 is 5.97 Å². The summed E-state index contributed by atoms with van der Waals surface area (Å²) in [5.41, 5.74) is 4.06. The van der Waals surface area contributed by atoms with Crippen molar-refractivity contribution in [3.8, 4) is 5.75 Å². The lowest BCUT2D eigenvalue weighted by molar-refractivity contribution is -0.121. The zero-order chi connectivity index (χ0) is 24.3. The maximum Gasteiger partial charge on any atom is 0.344 e. The van der Waals surface area contributed by atoms with E-state index in [0.717, 1.165) is 0 Å². The average Bonchev–Trinajstić information content (AvgIpc) is 2.82. The monoisotopic (exact) mass is 585 g/mol. The van der Waals surface area contributed by atoms with Gasteiger partial charge in [0.25, 0.3) is 5.91 Å². The van der Waals surface area contributed by atoms with Crippen molar-refractivity contribution in [1.82, 2.24) is 10.7 Å². The minimum Gasteiger partial charge on any atom is -0.423 e. The summed E-state index contributed by atoms with van der Waals surface area (Å²) in [5.74, 6) is -0.604. The van der Waals surface area contributed by atoms with E-state index in [2.05, 4.69) is 47.7 Å². The van der Waals surface area contributed by atoms with Crippen molar-refractivity contribution in [2.45, 2.75) is 12.8 Å². The van der Waals surface area contributed by atoms with Crippen molar-refractivity contribution in [2.24, 2.45) is 5.10 Å². The Morgan fingerprint density at radius 3 is 2.26 bits per heavy atom. The second-order valence-corrected chi connectivity index (χ2v) is 8.78. The van der Waals surface area contributed by atoms with Gasteiger partial charge in [-0.25, -0.2) is 10.2 Å². The third-order valence-corrected chi connectivity index (χ3v) is 5.93. The van der Waals surface area contributed by atoms with Gasteiger partial charge in [0.15, 0.2) is 0 Å². The highest BCUT2D eigenvalue weighted by atomic mass is 79.9. The summed E-state index contributed by atoms with van der Waals surface area (Å²) in [4.78, 5) is 36.5. The number of hydrazone groups is 1. The summed E-state index contributed by atoms with van der Waals surface area (Å²) in [7, 11) is 0. The maximum atomic E-state index is 12.3. The highest BCUT2D eigenvalue weighted by Crippen LogP contribution is 2.20. The highest BCUT2D eigenvalue weighted by Gasteiger charge is 2.12. The Kier molecular flexibility index (Phi) is 9.54. The summed E-state index contributed by atoms with van der Waals surface area (Å²) >= 11 is 6.67. The number of hydrogen-bond donors (Lipinski definition) is 2. The molecule has 0 unspecified atom stereocenters. The van der Waals surface area contributed by atoms with E-state index in [4.69, 9.17) is 4.74 Å². The molecular weight excluding hydrogens is 566 g/mol. The van der Waals surface area contributed by atoms with Gasteiger partial charge in [-0.15, -0.1) is 0 Å². The molecular formula is C25H21Br2N3O4. The molecule has 0 fully saturated rings. The van der Waals surface area contributed by atoms with Crippen LogP contribution in [-0.2, 0) is 4.79 Å². The number of esters is 1. The molecule has 3 rings (SSSR count). The molecule has 0 aliphatic heterocycles. The van der Waals surface area contributed by atoms with E-state index in [1.165, 1.54) is 6.21 Å². The molecule has 0 radical (unpaired) electrons. The quantitative estimate of drug-likeness (QED) is 0.120. The summed E-state index contributed by atoms with van der Waals surface area (Å²) in [6.45, 7) is 0.363. The van der Waals surface area contributed by atoms with Crippen molar-refractivity contribution in [2.75, 3.05) is 6.54 Å². The second-order valence-electron chi connectivity index (χ2n) is 7.07. The molecule has 0 spiro atoms. The van der Waals surface area contributed by atoms with Crippen LogP contribution >= 0.6 is 31.9 Å². The topological polar surface area (TPSA) is 96.9 Å². The van der Waals surface area contributed by atoms with Crippen LogP contribution in [-0.4, -0.2) is 30.5 Å². The smallest absolute Gasteiger partial charge is 0.344 e. The van der Waals surface area contributed by atoms with Crippen LogP contribution in [0.2, 0.25) is 0 Å². The van der Waals surface area contributed by atoms with E-state index in [0.29, 0.717) is 44.4 Å². The van der Waals surface area contributed by atoms with E-state index in [-0.39, 0.29) is 18.2 Å². The zero-order valence-electron chi connectivity index (χ0n) is 18.0. The Hall–Kier alpha value is -3.30. The number of nitrogens with zero attached hydrogens (tertiary/aromatic N) is 1. The Balaban J connectivity index is 1.42. The lowest BCUT2D eigenvalue weighted by Crippen LogP contribution is -2.26. The molecule has 34 heavy (non-hydrogen) atoms. The van der Waals surface area contributed by atoms with Crippen LogP contribution in [0.1, 0.15) is 39.1 Å². The molecule has 0 heterocycles. The van der Waals surface area contributed by atoms with Crippen molar-refractivity contribution in [1.29, 1.82) is 0 Å². The SMILES string of the molecule is O=C(CCCNC(=O)c1ccccc1Br)NN=Cc1cccc(OC(=O)c2ccccc2Br)c1. The first-order valence-electron chi connectivity index (χ1n) is 10.4. The molecule has 0 saturated heterocycles. The Bertz CT molecular complexity index is 1210. The largest absolute Gasteiger partial charge is 0.423 e. The molecule has 7 nitrogen and oxygen atoms in total. The van der Waals surface area contributed by atoms with E-state index < -0.39 is 5.97 Å². The molecule has 2 N–H and O–H groups in total. The summed E-state index contributed by atoms with van der Waals surface area (Å²) in [6, 6.07) is 20.9. The third kappa shape index (κ3) is 7.64. The predicted octanol–water partition coefficient (Wildman–Crippen LogP) is 5.09. The maximum absolute atomic E-state index is 12.3. The minimum atomic E-state index is -0.485. The number of ether oxygens (including phenoxy) is 1. The van der Waals surface area contributed by atoms with Crippen LogP contribution in [0.4, 0.5) is 0 Å². The summed E-state index contributed by atoms with van der Waals surface area (Å²) < 4.78 is 6.78. The number of benzene rings is 3. The fourth-order valence-electron chi connectivity index (χ4n) is 2.87. The lowest BCUT2D eigenvalue weighted by Gasteiger charge is -2.07. The summed E-state index contributed by atoms with van der Waals surface area (Å²) in [5, 5.41) is 6.72. The van der Waals surface area contributed by atoms with Crippen LogP contribution < -0.4 is 15.5 Å². The highest BCUT2D eigenvalue weighted by molar-refractivity contribution is 9.10. The Morgan fingerprint density at radius 2 is 1.56 bits per heavy atom. The van der Waals surface area contributed by atoms with E-state index in [9.17, 15) is 14.4 Å². The molecule has 9 heteroatoms. The normalized spacial score (nSPS) is 10.6. The number of halogens is 2. The number of hydrogen-bond acceptors (Lipinski definition) is 5. The molecule has 0 aliphatic rings. The first-order chi connectivity index (χ1) is 16.4. The van der Waals surface area contributed by atoms with Gasteiger partial charge in [0.2, 0.25) is 5.91 Å². The molecule has 0 atom stereocenters. The number of amides is 2. The predicted molar refractivity (Wildman–Crippen MR) is 137 cm³/mol. The number of carbonyl (C=O) groups is 3. The van der Waals surface area contributed by atoms with Crippen LogP contribution in [0.3, 0.4) is 0 Å². The molecule has 3 aromatic carbocycles. The fraction of sp³-hybridized carbons (Fsp3) is 0.120. The molecule has 0 aliphatic carbocycles. The van der Waals surface area contributed by atoms with Crippen LogP contribution in [0.15, 0.2) is 86.8 Å². The van der Waals surface area contributed by atoms with Crippen molar-refractivity contribution in [3.05, 3.63) is 98.4 Å². The van der Waals surface area contributed by atoms with E-state index in [1.807, 2.05) is 12.1 Å². The minimum absolute atomic E-state index is 0.203. The van der Waals surface area contributed by atoms with Gasteiger partial charge in [0.1, 0.15) is 5.75 Å². The average molecular weight is 587 g/mol.